The number of rotatable bonds is 3. The van der Waals surface area contributed by atoms with Gasteiger partial charge in [-0.1, -0.05) is 6.92 Å². The SMILES string of the molecule is CC1C(=O)N(CCC(=O)N2CC[C@H](C)[C@H](O)C2)CCN1C(=O)O. The van der Waals surface area contributed by atoms with Crippen LogP contribution in [0, 0.1) is 5.92 Å². The standard InChI is InChI=1S/C15H25N3O5/c1-10-3-5-17(9-12(10)19)13(20)4-6-16-7-8-18(15(22)23)11(2)14(16)21/h10-12,19H,3-9H2,1-2H3,(H,22,23)/t10-,11?,12+/m0/s1. The van der Waals surface area contributed by atoms with Gasteiger partial charge in [0.25, 0.3) is 0 Å². The van der Waals surface area contributed by atoms with Crippen LogP contribution in [0.4, 0.5) is 4.79 Å². The van der Waals surface area contributed by atoms with Crippen molar-refractivity contribution in [3.63, 3.8) is 0 Å². The Kier molecular flexibility index (Phi) is 5.46. The van der Waals surface area contributed by atoms with Gasteiger partial charge in [0.15, 0.2) is 0 Å². The molecule has 2 N–H and O–H groups in total. The summed E-state index contributed by atoms with van der Waals surface area (Å²) >= 11 is 0. The van der Waals surface area contributed by atoms with Gasteiger partial charge < -0.3 is 20.0 Å². The molecule has 2 heterocycles. The lowest BCUT2D eigenvalue weighted by Crippen LogP contribution is -2.57. The number of carbonyl (C=O) groups is 3. The van der Waals surface area contributed by atoms with Gasteiger partial charge in [0.05, 0.1) is 6.10 Å². The summed E-state index contributed by atoms with van der Waals surface area (Å²) in [6, 6.07) is -0.714. The zero-order valence-corrected chi connectivity index (χ0v) is 13.6. The van der Waals surface area contributed by atoms with E-state index in [0.29, 0.717) is 19.6 Å². The van der Waals surface area contributed by atoms with Crippen molar-refractivity contribution in [3.8, 4) is 0 Å². The number of piperidine rings is 1. The maximum atomic E-state index is 12.2. The fraction of sp³-hybridized carbons (Fsp3) is 0.800. The number of aliphatic hydroxyl groups is 1. The van der Waals surface area contributed by atoms with Crippen LogP contribution in [0.2, 0.25) is 0 Å². The Morgan fingerprint density at radius 2 is 1.91 bits per heavy atom. The van der Waals surface area contributed by atoms with Crippen LogP contribution >= 0.6 is 0 Å². The Labute approximate surface area is 135 Å². The van der Waals surface area contributed by atoms with Crippen molar-refractivity contribution in [3.05, 3.63) is 0 Å². The fourth-order valence-corrected chi connectivity index (χ4v) is 3.08. The normalized spacial score (nSPS) is 28.9. The average Bonchev–Trinajstić information content (AvgIpc) is 2.50. The quantitative estimate of drug-likeness (QED) is 0.748. The van der Waals surface area contributed by atoms with Crippen molar-refractivity contribution in [2.24, 2.45) is 5.92 Å². The highest BCUT2D eigenvalue weighted by Crippen LogP contribution is 2.18. The summed E-state index contributed by atoms with van der Waals surface area (Å²) in [5, 5.41) is 18.9. The molecule has 0 aromatic rings. The molecule has 0 radical (unpaired) electrons. The summed E-state index contributed by atoms with van der Waals surface area (Å²) in [7, 11) is 0. The van der Waals surface area contributed by atoms with Gasteiger partial charge >= 0.3 is 6.09 Å². The van der Waals surface area contributed by atoms with Crippen LogP contribution in [-0.4, -0.2) is 87.7 Å². The molecule has 3 atom stereocenters. The van der Waals surface area contributed by atoms with Crippen molar-refractivity contribution >= 4 is 17.9 Å². The number of β-amino-alcohol motifs (C(OH)–C–C–N with tert-alkyl or cyclic N) is 1. The van der Waals surface area contributed by atoms with E-state index in [2.05, 4.69) is 0 Å². The summed E-state index contributed by atoms with van der Waals surface area (Å²) in [6.45, 7) is 5.36. The van der Waals surface area contributed by atoms with Crippen molar-refractivity contribution in [2.75, 3.05) is 32.7 Å². The second kappa shape index (κ2) is 7.16. The molecule has 3 amide bonds. The first-order chi connectivity index (χ1) is 10.8. The zero-order chi connectivity index (χ0) is 17.1. The molecule has 130 valence electrons. The topological polar surface area (TPSA) is 101 Å². The zero-order valence-electron chi connectivity index (χ0n) is 13.6. The highest BCUT2D eigenvalue weighted by molar-refractivity contribution is 5.86. The van der Waals surface area contributed by atoms with E-state index in [9.17, 15) is 19.5 Å². The number of carboxylic acid groups (broad SMARTS) is 1. The van der Waals surface area contributed by atoms with Gasteiger partial charge in [-0.25, -0.2) is 4.79 Å². The molecule has 8 heteroatoms. The van der Waals surface area contributed by atoms with Crippen LogP contribution in [-0.2, 0) is 9.59 Å². The molecule has 23 heavy (non-hydrogen) atoms. The Hall–Kier alpha value is -1.83. The maximum Gasteiger partial charge on any atom is 0.408 e. The summed E-state index contributed by atoms with van der Waals surface area (Å²) in [5.74, 6) is -0.138. The highest BCUT2D eigenvalue weighted by atomic mass is 16.4. The van der Waals surface area contributed by atoms with E-state index in [4.69, 9.17) is 5.11 Å². The van der Waals surface area contributed by atoms with Gasteiger partial charge in [-0.3, -0.25) is 14.5 Å². The monoisotopic (exact) mass is 327 g/mol. The van der Waals surface area contributed by atoms with Crippen molar-refractivity contribution in [2.45, 2.75) is 38.8 Å². The van der Waals surface area contributed by atoms with Crippen LogP contribution < -0.4 is 0 Å². The van der Waals surface area contributed by atoms with Crippen molar-refractivity contribution in [1.29, 1.82) is 0 Å². The first-order valence-electron chi connectivity index (χ1n) is 8.05. The van der Waals surface area contributed by atoms with E-state index < -0.39 is 18.2 Å². The predicted octanol–water partition coefficient (Wildman–Crippen LogP) is -0.183. The maximum absolute atomic E-state index is 12.2. The van der Waals surface area contributed by atoms with Crippen molar-refractivity contribution < 1.29 is 24.6 Å². The fourth-order valence-electron chi connectivity index (χ4n) is 3.08. The van der Waals surface area contributed by atoms with E-state index >= 15 is 0 Å². The van der Waals surface area contributed by atoms with Crippen LogP contribution in [0.15, 0.2) is 0 Å². The second-order valence-corrected chi connectivity index (χ2v) is 6.40. The molecule has 2 saturated heterocycles. The predicted molar refractivity (Wildman–Crippen MR) is 81.8 cm³/mol. The number of amides is 3. The second-order valence-electron chi connectivity index (χ2n) is 6.40. The number of hydrogen-bond donors (Lipinski definition) is 2. The largest absolute Gasteiger partial charge is 0.465 e. The lowest BCUT2D eigenvalue weighted by molar-refractivity contribution is -0.142. The molecule has 2 rings (SSSR count). The molecule has 0 saturated carbocycles. The summed E-state index contributed by atoms with van der Waals surface area (Å²) < 4.78 is 0. The molecule has 1 unspecified atom stereocenters. The van der Waals surface area contributed by atoms with Gasteiger partial charge in [0.1, 0.15) is 6.04 Å². The van der Waals surface area contributed by atoms with Gasteiger partial charge in [-0.15, -0.1) is 0 Å². The molecule has 2 aliphatic rings. The van der Waals surface area contributed by atoms with Gasteiger partial charge in [-0.2, -0.15) is 0 Å². The molecule has 0 aromatic carbocycles. The number of nitrogens with zero attached hydrogens (tertiary/aromatic N) is 3. The molecular formula is C15H25N3O5. The van der Waals surface area contributed by atoms with E-state index in [1.54, 1.807) is 16.7 Å². The van der Waals surface area contributed by atoms with E-state index in [-0.39, 0.29) is 37.2 Å². The van der Waals surface area contributed by atoms with E-state index in [1.165, 1.54) is 0 Å². The Morgan fingerprint density at radius 1 is 1.22 bits per heavy atom. The lowest BCUT2D eigenvalue weighted by Gasteiger charge is -2.38. The molecule has 8 nitrogen and oxygen atoms in total. The van der Waals surface area contributed by atoms with Gasteiger partial charge in [0, 0.05) is 39.1 Å². The molecule has 0 aromatic heterocycles. The van der Waals surface area contributed by atoms with Crippen LogP contribution in [0.3, 0.4) is 0 Å². The number of carbonyl (C=O) groups excluding carboxylic acids is 2. The Balaban J connectivity index is 1.83. The minimum absolute atomic E-state index is 0.0722. The first-order valence-corrected chi connectivity index (χ1v) is 8.05. The number of aliphatic hydroxyl groups excluding tert-OH is 1. The molecular weight excluding hydrogens is 302 g/mol. The van der Waals surface area contributed by atoms with Crippen LogP contribution in [0.5, 0.6) is 0 Å². The van der Waals surface area contributed by atoms with Crippen LogP contribution in [0.1, 0.15) is 26.7 Å². The van der Waals surface area contributed by atoms with Crippen molar-refractivity contribution in [1.82, 2.24) is 14.7 Å². The van der Waals surface area contributed by atoms with Gasteiger partial charge in [-0.05, 0) is 19.3 Å². The highest BCUT2D eigenvalue weighted by Gasteiger charge is 2.34. The average molecular weight is 327 g/mol. The number of likely N-dealkylation sites (tertiary alicyclic amines) is 1. The third-order valence-corrected chi connectivity index (χ3v) is 4.86. The number of piperazine rings is 1. The molecule has 0 spiro atoms. The summed E-state index contributed by atoms with van der Waals surface area (Å²) in [6.07, 6.45) is -0.612. The molecule has 2 aliphatic heterocycles. The molecule has 2 fully saturated rings. The first kappa shape index (κ1) is 17.5. The number of hydrogen-bond acceptors (Lipinski definition) is 4. The van der Waals surface area contributed by atoms with E-state index in [0.717, 1.165) is 11.3 Å². The van der Waals surface area contributed by atoms with Gasteiger partial charge in [0.2, 0.25) is 11.8 Å². The third-order valence-electron chi connectivity index (χ3n) is 4.86. The molecule has 0 bridgehead atoms. The smallest absolute Gasteiger partial charge is 0.408 e. The molecule has 0 aliphatic carbocycles. The minimum atomic E-state index is -1.10. The third kappa shape index (κ3) is 3.93. The lowest BCUT2D eigenvalue weighted by atomic mass is 9.96. The van der Waals surface area contributed by atoms with E-state index in [1.807, 2.05) is 6.92 Å². The summed E-state index contributed by atoms with van der Waals surface area (Å²) in [5.41, 5.74) is 0. The van der Waals surface area contributed by atoms with Crippen LogP contribution in [0.25, 0.3) is 0 Å². The Morgan fingerprint density at radius 3 is 2.52 bits per heavy atom. The summed E-state index contributed by atoms with van der Waals surface area (Å²) in [4.78, 5) is 39.7. The Bertz CT molecular complexity index is 484. The minimum Gasteiger partial charge on any atom is -0.465 e.